The van der Waals surface area contributed by atoms with Crippen LogP contribution in [0.3, 0.4) is 0 Å². The van der Waals surface area contributed by atoms with Crippen molar-refractivity contribution in [3.63, 3.8) is 0 Å². The van der Waals surface area contributed by atoms with E-state index in [1.807, 2.05) is 39.2 Å². The van der Waals surface area contributed by atoms with Crippen molar-refractivity contribution in [1.82, 2.24) is 25.0 Å². The third kappa shape index (κ3) is 3.55. The van der Waals surface area contributed by atoms with Crippen LogP contribution in [0.25, 0.3) is 21.8 Å². The highest BCUT2D eigenvalue weighted by atomic mass is 16.2. The number of benzene rings is 1. The number of hydrogen-bond donors (Lipinski definition) is 2. The van der Waals surface area contributed by atoms with Crippen molar-refractivity contribution in [3.05, 3.63) is 47.3 Å². The first-order valence-electron chi connectivity index (χ1n) is 10.1. The van der Waals surface area contributed by atoms with Crippen molar-refractivity contribution in [2.24, 2.45) is 13.0 Å². The van der Waals surface area contributed by atoms with E-state index in [1.54, 1.807) is 17.1 Å². The Bertz CT molecular complexity index is 1410. The molecule has 0 bridgehead atoms. The van der Waals surface area contributed by atoms with E-state index in [1.165, 1.54) is 0 Å². The van der Waals surface area contributed by atoms with Crippen LogP contribution < -0.4 is 10.6 Å². The van der Waals surface area contributed by atoms with Crippen LogP contribution in [0, 0.1) is 24.7 Å². The molecule has 1 aromatic carbocycles. The number of amides is 1. The summed E-state index contributed by atoms with van der Waals surface area (Å²) in [5.74, 6) is 7.90. The molecule has 1 aliphatic carbocycles. The zero-order valence-electron chi connectivity index (χ0n) is 17.5. The fourth-order valence-corrected chi connectivity index (χ4v) is 3.53. The van der Waals surface area contributed by atoms with E-state index < -0.39 is 0 Å². The minimum Gasteiger partial charge on any atom is -0.373 e. The fourth-order valence-electron chi connectivity index (χ4n) is 3.53. The lowest BCUT2D eigenvalue weighted by Crippen LogP contribution is -2.14. The van der Waals surface area contributed by atoms with Crippen LogP contribution >= 0.6 is 0 Å². The van der Waals surface area contributed by atoms with Crippen molar-refractivity contribution < 1.29 is 4.79 Å². The molecule has 1 aliphatic rings. The molecule has 154 valence electrons. The average Bonchev–Trinajstić information content (AvgIpc) is 3.56. The number of fused-ring (bicyclic) bond motifs is 2. The molecule has 0 radical (unpaired) electrons. The molecule has 0 spiro atoms. The molecule has 1 fully saturated rings. The smallest absolute Gasteiger partial charge is 0.228 e. The van der Waals surface area contributed by atoms with E-state index in [2.05, 4.69) is 42.8 Å². The van der Waals surface area contributed by atoms with Crippen molar-refractivity contribution in [1.29, 1.82) is 0 Å². The number of hydrogen-bond acceptors (Lipinski definition) is 6. The summed E-state index contributed by atoms with van der Waals surface area (Å²) in [6.07, 6.45) is 5.35. The molecule has 0 unspecified atom stereocenters. The van der Waals surface area contributed by atoms with Crippen LogP contribution in [-0.2, 0) is 11.8 Å². The lowest BCUT2D eigenvalue weighted by Gasteiger charge is -2.09. The fraction of sp³-hybridized carbons (Fsp3) is 0.261. The van der Waals surface area contributed by atoms with Crippen LogP contribution in [0.15, 0.2) is 30.6 Å². The summed E-state index contributed by atoms with van der Waals surface area (Å²) in [7, 11) is 3.68. The quantitative estimate of drug-likeness (QED) is 0.503. The van der Waals surface area contributed by atoms with E-state index in [4.69, 9.17) is 0 Å². The first kappa shape index (κ1) is 19.0. The van der Waals surface area contributed by atoms with Gasteiger partial charge in [0.05, 0.1) is 11.1 Å². The summed E-state index contributed by atoms with van der Waals surface area (Å²) in [6.45, 7) is 2.01. The SMILES string of the molecule is CNc1ncc(C#Cc2cc3c(cc2C)nnn3C)c2cc(NC(=O)C3CC3)ncc12. The predicted molar refractivity (Wildman–Crippen MR) is 120 cm³/mol. The van der Waals surface area contributed by atoms with Gasteiger partial charge in [-0.05, 0) is 43.5 Å². The summed E-state index contributed by atoms with van der Waals surface area (Å²) in [6, 6.07) is 5.85. The summed E-state index contributed by atoms with van der Waals surface area (Å²) in [4.78, 5) is 21.0. The second-order valence-electron chi connectivity index (χ2n) is 7.77. The first-order valence-corrected chi connectivity index (χ1v) is 10.1. The molecule has 31 heavy (non-hydrogen) atoms. The number of aryl methyl sites for hydroxylation is 2. The third-order valence-corrected chi connectivity index (χ3v) is 5.50. The largest absolute Gasteiger partial charge is 0.373 e. The van der Waals surface area contributed by atoms with Gasteiger partial charge in [-0.25, -0.2) is 14.6 Å². The number of carbonyl (C=O) groups is 1. The van der Waals surface area contributed by atoms with Crippen LogP contribution in [0.1, 0.15) is 29.5 Å². The topological polar surface area (TPSA) is 97.6 Å². The summed E-state index contributed by atoms with van der Waals surface area (Å²) < 4.78 is 1.74. The first-order chi connectivity index (χ1) is 15.0. The highest BCUT2D eigenvalue weighted by Crippen LogP contribution is 2.31. The Hall–Kier alpha value is -3.99. The molecule has 2 N–H and O–H groups in total. The maximum Gasteiger partial charge on any atom is 0.228 e. The molecule has 4 aromatic rings. The Morgan fingerprint density at radius 1 is 1.10 bits per heavy atom. The molecule has 0 saturated heterocycles. The molecule has 5 rings (SSSR count). The molecule has 1 saturated carbocycles. The highest BCUT2D eigenvalue weighted by Gasteiger charge is 2.29. The van der Waals surface area contributed by atoms with Crippen molar-refractivity contribution >= 4 is 39.3 Å². The van der Waals surface area contributed by atoms with Gasteiger partial charge in [0.15, 0.2) is 0 Å². The van der Waals surface area contributed by atoms with Gasteiger partial charge in [-0.15, -0.1) is 5.10 Å². The van der Waals surface area contributed by atoms with Crippen LogP contribution in [-0.4, -0.2) is 37.9 Å². The molecule has 1 amide bonds. The number of pyridine rings is 2. The van der Waals surface area contributed by atoms with Gasteiger partial charge in [0.1, 0.15) is 17.2 Å². The summed E-state index contributed by atoms with van der Waals surface area (Å²) >= 11 is 0. The number of carbonyl (C=O) groups excluding carboxylic acids is 1. The van der Waals surface area contributed by atoms with Gasteiger partial charge in [-0.2, -0.15) is 0 Å². The molecule has 8 nitrogen and oxygen atoms in total. The molecule has 3 heterocycles. The van der Waals surface area contributed by atoms with E-state index in [0.717, 1.165) is 51.3 Å². The third-order valence-electron chi connectivity index (χ3n) is 5.50. The molecule has 3 aromatic heterocycles. The van der Waals surface area contributed by atoms with Gasteiger partial charge in [0, 0.05) is 48.7 Å². The standard InChI is InChI=1S/C23H21N7O/c1-13-8-19-20(30(3)29-28-19)9-15(13)6-7-16-11-26-22(24-2)18-12-25-21(10-17(16)18)27-23(31)14-4-5-14/h8-12,14H,4-5H2,1-3H3,(H,24,26)(H,25,27,31). The zero-order valence-corrected chi connectivity index (χ0v) is 17.5. The van der Waals surface area contributed by atoms with E-state index in [-0.39, 0.29) is 11.8 Å². The van der Waals surface area contributed by atoms with Gasteiger partial charge in [-0.3, -0.25) is 4.79 Å². The maximum atomic E-state index is 12.2. The van der Waals surface area contributed by atoms with Crippen LogP contribution in [0.2, 0.25) is 0 Å². The number of aromatic nitrogens is 5. The number of nitrogens with zero attached hydrogens (tertiary/aromatic N) is 5. The second kappa shape index (κ2) is 7.36. The predicted octanol–water partition coefficient (Wildman–Crippen LogP) is 3.01. The van der Waals surface area contributed by atoms with Gasteiger partial charge in [-0.1, -0.05) is 17.1 Å². The van der Waals surface area contributed by atoms with E-state index in [9.17, 15) is 4.79 Å². The minimum atomic E-state index is 0.0242. The number of anilines is 2. The van der Waals surface area contributed by atoms with E-state index >= 15 is 0 Å². The molecular weight excluding hydrogens is 390 g/mol. The maximum absolute atomic E-state index is 12.2. The van der Waals surface area contributed by atoms with Crippen LogP contribution in [0.5, 0.6) is 0 Å². The van der Waals surface area contributed by atoms with Gasteiger partial charge >= 0.3 is 0 Å². The summed E-state index contributed by atoms with van der Waals surface area (Å²) in [5.41, 5.74) is 4.47. The lowest BCUT2D eigenvalue weighted by atomic mass is 10.1. The van der Waals surface area contributed by atoms with E-state index in [0.29, 0.717) is 11.6 Å². The normalized spacial score (nSPS) is 13.1. The molecule has 0 atom stereocenters. The monoisotopic (exact) mass is 411 g/mol. The van der Waals surface area contributed by atoms with Crippen molar-refractivity contribution in [2.75, 3.05) is 17.7 Å². The zero-order chi connectivity index (χ0) is 21.5. The Labute approximate surface area is 179 Å². The minimum absolute atomic E-state index is 0.0242. The van der Waals surface area contributed by atoms with Gasteiger partial charge < -0.3 is 10.6 Å². The molecule has 8 heteroatoms. The second-order valence-corrected chi connectivity index (χ2v) is 7.77. The Morgan fingerprint density at radius 3 is 2.68 bits per heavy atom. The lowest BCUT2D eigenvalue weighted by molar-refractivity contribution is -0.117. The van der Waals surface area contributed by atoms with Gasteiger partial charge in [0.25, 0.3) is 0 Å². The Morgan fingerprint density at radius 2 is 1.90 bits per heavy atom. The van der Waals surface area contributed by atoms with Gasteiger partial charge in [0.2, 0.25) is 5.91 Å². The molecule has 0 aliphatic heterocycles. The van der Waals surface area contributed by atoms with Crippen LogP contribution in [0.4, 0.5) is 11.6 Å². The van der Waals surface area contributed by atoms with Crippen molar-refractivity contribution in [2.45, 2.75) is 19.8 Å². The highest BCUT2D eigenvalue weighted by molar-refractivity contribution is 5.99. The summed E-state index contributed by atoms with van der Waals surface area (Å²) in [5, 5.41) is 16.0. The number of nitrogens with one attached hydrogen (secondary N) is 2. The Balaban J connectivity index is 1.59. The average molecular weight is 411 g/mol. The Kier molecular flexibility index (Phi) is 4.51. The molecular formula is C23H21N7O. The number of rotatable bonds is 3. The van der Waals surface area contributed by atoms with Crippen molar-refractivity contribution in [3.8, 4) is 11.8 Å².